The zero-order valence-corrected chi connectivity index (χ0v) is 13.2. The van der Waals surface area contributed by atoms with Crippen LogP contribution in [0.3, 0.4) is 0 Å². The number of ether oxygens (including phenoxy) is 1. The Balaban J connectivity index is 2.16. The van der Waals surface area contributed by atoms with Gasteiger partial charge in [-0.15, -0.1) is 13.2 Å². The van der Waals surface area contributed by atoms with Crippen molar-refractivity contribution in [1.82, 2.24) is 0 Å². The second kappa shape index (κ2) is 6.11. The molecule has 0 saturated heterocycles. The van der Waals surface area contributed by atoms with Crippen molar-refractivity contribution in [2.75, 3.05) is 0 Å². The number of alkyl halides is 3. The molecule has 2 rings (SSSR count). The van der Waals surface area contributed by atoms with Crippen LogP contribution >= 0.6 is 0 Å². The third-order valence-electron chi connectivity index (χ3n) is 4.79. The molecule has 1 aromatic rings. The molecule has 0 bridgehead atoms. The molecule has 0 amide bonds. The first-order chi connectivity index (χ1) is 10.1. The van der Waals surface area contributed by atoms with E-state index in [9.17, 15) is 18.3 Å². The molecule has 0 radical (unpaired) electrons. The van der Waals surface area contributed by atoms with Crippen molar-refractivity contribution < 1.29 is 23.0 Å². The van der Waals surface area contributed by atoms with E-state index >= 15 is 0 Å². The minimum absolute atomic E-state index is 0.0121. The van der Waals surface area contributed by atoms with Gasteiger partial charge in [-0.1, -0.05) is 45.7 Å². The van der Waals surface area contributed by atoms with Gasteiger partial charge in [0.2, 0.25) is 0 Å². The lowest BCUT2D eigenvalue weighted by Gasteiger charge is -2.45. The summed E-state index contributed by atoms with van der Waals surface area (Å²) in [5.74, 6) is 0.208. The minimum Gasteiger partial charge on any atom is -0.406 e. The van der Waals surface area contributed by atoms with Gasteiger partial charge in [0.25, 0.3) is 0 Å². The lowest BCUT2D eigenvalue weighted by Crippen LogP contribution is -2.37. The van der Waals surface area contributed by atoms with Crippen LogP contribution in [0, 0.1) is 17.3 Å². The Labute approximate surface area is 129 Å². The Kier molecular flexibility index (Phi) is 4.76. The summed E-state index contributed by atoms with van der Waals surface area (Å²) in [4.78, 5) is 0. The predicted molar refractivity (Wildman–Crippen MR) is 78.4 cm³/mol. The van der Waals surface area contributed by atoms with Gasteiger partial charge >= 0.3 is 6.36 Å². The van der Waals surface area contributed by atoms with E-state index in [1.807, 2.05) is 0 Å². The Bertz CT molecular complexity index is 494. The van der Waals surface area contributed by atoms with E-state index in [1.165, 1.54) is 24.3 Å². The summed E-state index contributed by atoms with van der Waals surface area (Å²) in [6.45, 7) is 6.44. The van der Waals surface area contributed by atoms with Gasteiger partial charge in [0.15, 0.2) is 0 Å². The van der Waals surface area contributed by atoms with Crippen molar-refractivity contribution in [3.8, 4) is 5.75 Å². The molecule has 0 heterocycles. The van der Waals surface area contributed by atoms with Crippen LogP contribution in [0.4, 0.5) is 13.2 Å². The van der Waals surface area contributed by atoms with E-state index in [0.717, 1.165) is 19.3 Å². The van der Waals surface area contributed by atoms with Gasteiger partial charge in [0.05, 0.1) is 6.10 Å². The molecule has 0 aromatic heterocycles. The van der Waals surface area contributed by atoms with Crippen LogP contribution in [0.1, 0.15) is 51.7 Å². The third-order valence-corrected chi connectivity index (χ3v) is 4.79. The zero-order chi connectivity index (χ0) is 16.5. The molecule has 1 saturated carbocycles. The summed E-state index contributed by atoms with van der Waals surface area (Å²) in [5, 5.41) is 10.7. The molecule has 3 atom stereocenters. The second-order valence-corrected chi connectivity index (χ2v) is 6.95. The molecule has 5 heteroatoms. The molecule has 0 unspecified atom stereocenters. The highest BCUT2D eigenvalue weighted by molar-refractivity contribution is 5.29. The average Bonchev–Trinajstić information content (AvgIpc) is 2.36. The summed E-state index contributed by atoms with van der Waals surface area (Å²) in [6.07, 6.45) is -2.10. The van der Waals surface area contributed by atoms with Crippen molar-refractivity contribution in [1.29, 1.82) is 0 Å². The maximum atomic E-state index is 12.2. The summed E-state index contributed by atoms with van der Waals surface area (Å²) in [6, 6.07) is 5.55. The molecule has 1 fully saturated rings. The van der Waals surface area contributed by atoms with Crippen LogP contribution in [0.2, 0.25) is 0 Å². The van der Waals surface area contributed by atoms with Crippen LogP contribution < -0.4 is 4.74 Å². The summed E-state index contributed by atoms with van der Waals surface area (Å²) in [7, 11) is 0. The fourth-order valence-electron chi connectivity index (χ4n) is 3.81. The molecule has 2 nitrogen and oxygen atoms in total. The van der Waals surface area contributed by atoms with Crippen molar-refractivity contribution >= 4 is 0 Å². The Morgan fingerprint density at radius 1 is 1.23 bits per heavy atom. The zero-order valence-electron chi connectivity index (χ0n) is 13.2. The van der Waals surface area contributed by atoms with Gasteiger partial charge in [0, 0.05) is 0 Å². The summed E-state index contributed by atoms with van der Waals surface area (Å²) < 4.78 is 40.4. The molecule has 1 aliphatic carbocycles. The monoisotopic (exact) mass is 316 g/mol. The SMILES string of the molecule is C[C@H]1CCCC(C)(C)[C@@H]1[C@H](O)c1ccc(OC(F)(F)F)cc1. The average molecular weight is 316 g/mol. The number of hydrogen-bond donors (Lipinski definition) is 1. The van der Waals surface area contributed by atoms with E-state index in [-0.39, 0.29) is 17.1 Å². The molecular formula is C17H23F3O2. The van der Waals surface area contributed by atoms with E-state index in [0.29, 0.717) is 11.5 Å². The van der Waals surface area contributed by atoms with Crippen LogP contribution in [0.5, 0.6) is 5.75 Å². The molecule has 124 valence electrons. The van der Waals surface area contributed by atoms with E-state index in [2.05, 4.69) is 25.5 Å². The lowest BCUT2D eigenvalue weighted by atomic mass is 9.61. The fourth-order valence-corrected chi connectivity index (χ4v) is 3.81. The number of aliphatic hydroxyl groups is 1. The van der Waals surface area contributed by atoms with Crippen LogP contribution in [-0.4, -0.2) is 11.5 Å². The smallest absolute Gasteiger partial charge is 0.406 e. The third kappa shape index (κ3) is 3.94. The molecular weight excluding hydrogens is 293 g/mol. The van der Waals surface area contributed by atoms with E-state index in [1.54, 1.807) is 0 Å². The molecule has 1 aromatic carbocycles. The highest BCUT2D eigenvalue weighted by Gasteiger charge is 2.41. The number of halogens is 3. The predicted octanol–water partition coefficient (Wildman–Crippen LogP) is 5.08. The van der Waals surface area contributed by atoms with Gasteiger partial charge in [-0.2, -0.15) is 0 Å². The first kappa shape index (κ1) is 17.1. The highest BCUT2D eigenvalue weighted by Crippen LogP contribution is 2.49. The number of benzene rings is 1. The second-order valence-electron chi connectivity index (χ2n) is 6.95. The first-order valence-electron chi connectivity index (χ1n) is 7.64. The summed E-state index contributed by atoms with van der Waals surface area (Å²) in [5.41, 5.74) is 0.652. The Hall–Kier alpha value is -1.23. The van der Waals surface area contributed by atoms with Gasteiger partial charge in [-0.05, 0) is 41.4 Å². The topological polar surface area (TPSA) is 29.5 Å². The van der Waals surface area contributed by atoms with Gasteiger partial charge in [-0.25, -0.2) is 0 Å². The van der Waals surface area contributed by atoms with Crippen molar-refractivity contribution in [2.45, 2.75) is 52.5 Å². The van der Waals surface area contributed by atoms with Gasteiger partial charge in [-0.3, -0.25) is 0 Å². The van der Waals surface area contributed by atoms with Crippen molar-refractivity contribution in [2.24, 2.45) is 17.3 Å². The Morgan fingerprint density at radius 3 is 2.32 bits per heavy atom. The minimum atomic E-state index is -4.69. The number of aliphatic hydroxyl groups excluding tert-OH is 1. The fraction of sp³-hybridized carbons (Fsp3) is 0.647. The molecule has 0 aliphatic heterocycles. The molecule has 0 spiro atoms. The molecule has 1 N–H and O–H groups in total. The van der Waals surface area contributed by atoms with Gasteiger partial charge < -0.3 is 9.84 Å². The van der Waals surface area contributed by atoms with Gasteiger partial charge in [0.1, 0.15) is 5.75 Å². The maximum absolute atomic E-state index is 12.2. The summed E-state index contributed by atoms with van der Waals surface area (Å²) >= 11 is 0. The standard InChI is InChI=1S/C17H23F3O2/c1-11-5-4-10-16(2,3)14(11)15(21)12-6-8-13(9-7-12)22-17(18,19)20/h6-9,11,14-15,21H,4-5,10H2,1-3H3/t11-,14-,15+/m0/s1. The van der Waals surface area contributed by atoms with Crippen LogP contribution in [0.25, 0.3) is 0 Å². The van der Waals surface area contributed by atoms with Crippen LogP contribution in [0.15, 0.2) is 24.3 Å². The van der Waals surface area contributed by atoms with Crippen molar-refractivity contribution in [3.63, 3.8) is 0 Å². The van der Waals surface area contributed by atoms with E-state index < -0.39 is 12.5 Å². The normalized spacial score (nSPS) is 26.5. The van der Waals surface area contributed by atoms with E-state index in [4.69, 9.17) is 0 Å². The molecule has 22 heavy (non-hydrogen) atoms. The maximum Gasteiger partial charge on any atom is 0.573 e. The van der Waals surface area contributed by atoms with Crippen LogP contribution in [-0.2, 0) is 0 Å². The number of rotatable bonds is 3. The first-order valence-corrected chi connectivity index (χ1v) is 7.64. The lowest BCUT2D eigenvalue weighted by molar-refractivity contribution is -0.274. The van der Waals surface area contributed by atoms with Crippen molar-refractivity contribution in [3.05, 3.63) is 29.8 Å². The quantitative estimate of drug-likeness (QED) is 0.842. The Morgan fingerprint density at radius 2 is 1.82 bits per heavy atom. The largest absolute Gasteiger partial charge is 0.573 e. The number of hydrogen-bond acceptors (Lipinski definition) is 2. The molecule has 1 aliphatic rings. The highest BCUT2D eigenvalue weighted by atomic mass is 19.4.